The average molecular weight is 385 g/mol. The average Bonchev–Trinajstić information content (AvgIpc) is 2.96. The fourth-order valence-corrected chi connectivity index (χ4v) is 3.51. The molecule has 0 unspecified atom stereocenters. The molecule has 5 heteroatoms. The number of carbonyl (C=O) groups is 2. The van der Waals surface area contributed by atoms with E-state index in [0.29, 0.717) is 22.7 Å². The van der Waals surface area contributed by atoms with Gasteiger partial charge in [-0.15, -0.1) is 0 Å². The second kappa shape index (κ2) is 9.56. The summed E-state index contributed by atoms with van der Waals surface area (Å²) in [6, 6.07) is 14.5. The molecule has 3 rings (SSSR count). The third kappa shape index (κ3) is 5.83. The fourth-order valence-electron chi connectivity index (χ4n) is 3.38. The van der Waals surface area contributed by atoms with E-state index in [-0.39, 0.29) is 17.9 Å². The number of hydrogen-bond donors (Lipinski definition) is 2. The van der Waals surface area contributed by atoms with Gasteiger partial charge in [0, 0.05) is 28.7 Å². The Morgan fingerprint density at radius 1 is 0.889 bits per heavy atom. The van der Waals surface area contributed by atoms with E-state index in [4.69, 9.17) is 11.6 Å². The molecule has 0 spiro atoms. The minimum atomic E-state index is -0.200. The van der Waals surface area contributed by atoms with Gasteiger partial charge in [0.1, 0.15) is 0 Å². The van der Waals surface area contributed by atoms with Gasteiger partial charge in [0.05, 0.1) is 0 Å². The van der Waals surface area contributed by atoms with Gasteiger partial charge in [0.2, 0.25) is 0 Å². The molecule has 27 heavy (non-hydrogen) atoms. The highest BCUT2D eigenvalue weighted by molar-refractivity contribution is 6.30. The van der Waals surface area contributed by atoms with Gasteiger partial charge < -0.3 is 10.6 Å². The van der Waals surface area contributed by atoms with Crippen LogP contribution in [0.3, 0.4) is 0 Å². The van der Waals surface area contributed by atoms with E-state index < -0.39 is 0 Å². The van der Waals surface area contributed by atoms with E-state index >= 15 is 0 Å². The predicted octanol–water partition coefficient (Wildman–Crippen LogP) is 4.72. The molecule has 0 atom stereocenters. The third-order valence-electron chi connectivity index (χ3n) is 4.94. The highest BCUT2D eigenvalue weighted by Crippen LogP contribution is 2.18. The van der Waals surface area contributed by atoms with Crippen molar-refractivity contribution in [2.75, 3.05) is 0 Å². The van der Waals surface area contributed by atoms with Gasteiger partial charge in [-0.05, 0) is 48.7 Å². The highest BCUT2D eigenvalue weighted by Gasteiger charge is 2.16. The predicted molar refractivity (Wildman–Crippen MR) is 108 cm³/mol. The zero-order valence-corrected chi connectivity index (χ0v) is 16.1. The summed E-state index contributed by atoms with van der Waals surface area (Å²) in [5, 5.41) is 6.66. The zero-order valence-electron chi connectivity index (χ0n) is 15.3. The van der Waals surface area contributed by atoms with Gasteiger partial charge in [-0.1, -0.05) is 55.5 Å². The van der Waals surface area contributed by atoms with Gasteiger partial charge >= 0.3 is 0 Å². The van der Waals surface area contributed by atoms with Gasteiger partial charge in [-0.2, -0.15) is 0 Å². The maximum Gasteiger partial charge on any atom is 0.251 e. The number of hydrogen-bond acceptors (Lipinski definition) is 2. The van der Waals surface area contributed by atoms with Gasteiger partial charge in [-0.3, -0.25) is 9.59 Å². The van der Waals surface area contributed by atoms with Crippen LogP contribution in [0.1, 0.15) is 64.8 Å². The summed E-state index contributed by atoms with van der Waals surface area (Å²) in [4.78, 5) is 25.0. The Bertz CT molecular complexity index is 781. The lowest BCUT2D eigenvalue weighted by atomic mass is 10.1. The van der Waals surface area contributed by atoms with E-state index in [1.807, 2.05) is 12.1 Å². The number of carbonyl (C=O) groups excluding carboxylic acids is 2. The Morgan fingerprint density at radius 2 is 1.52 bits per heavy atom. The maximum atomic E-state index is 12.6. The molecule has 2 aromatic rings. The molecule has 1 saturated carbocycles. The molecule has 0 aliphatic heterocycles. The lowest BCUT2D eigenvalue weighted by Crippen LogP contribution is -2.34. The lowest BCUT2D eigenvalue weighted by molar-refractivity contribution is 0.0933. The van der Waals surface area contributed by atoms with Crippen LogP contribution in [0.2, 0.25) is 5.02 Å². The first-order valence-electron chi connectivity index (χ1n) is 9.55. The van der Waals surface area contributed by atoms with E-state index in [0.717, 1.165) is 31.2 Å². The molecular weight excluding hydrogens is 360 g/mol. The molecule has 2 amide bonds. The van der Waals surface area contributed by atoms with Crippen molar-refractivity contribution in [1.82, 2.24) is 10.6 Å². The molecular formula is C22H25ClN2O2. The summed E-state index contributed by atoms with van der Waals surface area (Å²) < 4.78 is 0. The van der Waals surface area contributed by atoms with Crippen LogP contribution >= 0.6 is 11.6 Å². The lowest BCUT2D eigenvalue weighted by Gasteiger charge is -2.16. The second-order valence-corrected chi connectivity index (χ2v) is 7.49. The van der Waals surface area contributed by atoms with E-state index in [9.17, 15) is 9.59 Å². The Balaban J connectivity index is 1.59. The molecule has 0 bridgehead atoms. The zero-order chi connectivity index (χ0) is 19.1. The van der Waals surface area contributed by atoms with Gasteiger partial charge in [-0.25, -0.2) is 0 Å². The van der Waals surface area contributed by atoms with Crippen molar-refractivity contribution in [1.29, 1.82) is 0 Å². The smallest absolute Gasteiger partial charge is 0.251 e. The minimum absolute atomic E-state index is 0.103. The molecule has 142 valence electrons. The summed E-state index contributed by atoms with van der Waals surface area (Å²) >= 11 is 5.87. The van der Waals surface area contributed by atoms with Crippen molar-refractivity contribution < 1.29 is 9.59 Å². The second-order valence-electron chi connectivity index (χ2n) is 7.05. The molecule has 0 radical (unpaired) electrons. The van der Waals surface area contributed by atoms with Crippen molar-refractivity contribution in [2.24, 2.45) is 0 Å². The van der Waals surface area contributed by atoms with E-state index in [1.54, 1.807) is 36.4 Å². The third-order valence-corrected chi connectivity index (χ3v) is 5.20. The highest BCUT2D eigenvalue weighted by atomic mass is 35.5. The topological polar surface area (TPSA) is 58.2 Å². The Hall–Kier alpha value is -2.33. The number of benzene rings is 2. The molecule has 4 nitrogen and oxygen atoms in total. The molecule has 2 aromatic carbocycles. The van der Waals surface area contributed by atoms with Gasteiger partial charge in [0.15, 0.2) is 0 Å². The fraction of sp³-hybridized carbons (Fsp3) is 0.364. The summed E-state index contributed by atoms with van der Waals surface area (Å²) in [5.41, 5.74) is 1.98. The molecule has 1 fully saturated rings. The van der Waals surface area contributed by atoms with Crippen LogP contribution in [0.25, 0.3) is 0 Å². The van der Waals surface area contributed by atoms with Crippen LogP contribution in [-0.2, 0) is 6.54 Å². The largest absolute Gasteiger partial charge is 0.349 e. The van der Waals surface area contributed by atoms with Gasteiger partial charge in [0.25, 0.3) is 11.8 Å². The van der Waals surface area contributed by atoms with Crippen molar-refractivity contribution in [2.45, 2.75) is 51.1 Å². The first kappa shape index (κ1) is 19.4. The summed E-state index contributed by atoms with van der Waals surface area (Å²) in [5.74, 6) is -0.302. The normalized spacial score (nSPS) is 15.0. The molecule has 2 N–H and O–H groups in total. The van der Waals surface area contributed by atoms with E-state index in [1.165, 1.54) is 12.8 Å². The Labute approximate surface area is 165 Å². The van der Waals surface area contributed by atoms with Crippen LogP contribution < -0.4 is 10.6 Å². The number of rotatable bonds is 5. The molecule has 0 saturated heterocycles. The van der Waals surface area contributed by atoms with Crippen molar-refractivity contribution in [3.05, 3.63) is 70.2 Å². The van der Waals surface area contributed by atoms with Crippen molar-refractivity contribution >= 4 is 23.4 Å². The number of amides is 2. The first-order valence-corrected chi connectivity index (χ1v) is 9.93. The summed E-state index contributed by atoms with van der Waals surface area (Å²) in [6.45, 7) is 0.411. The Kier molecular flexibility index (Phi) is 6.88. The van der Waals surface area contributed by atoms with Crippen LogP contribution in [-0.4, -0.2) is 17.9 Å². The molecule has 1 aliphatic carbocycles. The molecule has 0 heterocycles. The van der Waals surface area contributed by atoms with Crippen molar-refractivity contribution in [3.63, 3.8) is 0 Å². The molecule has 1 aliphatic rings. The van der Waals surface area contributed by atoms with Crippen LogP contribution in [0.4, 0.5) is 0 Å². The quantitative estimate of drug-likeness (QED) is 0.732. The van der Waals surface area contributed by atoms with Crippen LogP contribution in [0, 0.1) is 0 Å². The van der Waals surface area contributed by atoms with Crippen molar-refractivity contribution in [3.8, 4) is 0 Å². The van der Waals surface area contributed by atoms with Crippen LogP contribution in [0.5, 0.6) is 0 Å². The standard InChI is InChI=1S/C22H25ClN2O2/c23-19-12-10-16(11-13-19)15-24-21(26)17-6-5-7-18(14-17)22(27)25-20-8-3-1-2-4-9-20/h5-7,10-14,20H,1-4,8-9,15H2,(H,24,26)(H,25,27). The number of nitrogens with one attached hydrogen (secondary N) is 2. The summed E-state index contributed by atoms with van der Waals surface area (Å²) in [7, 11) is 0. The minimum Gasteiger partial charge on any atom is -0.349 e. The van der Waals surface area contributed by atoms with E-state index in [2.05, 4.69) is 10.6 Å². The maximum absolute atomic E-state index is 12.6. The summed E-state index contributed by atoms with van der Waals surface area (Å²) in [6.07, 6.45) is 6.89. The monoisotopic (exact) mass is 384 g/mol. The molecule has 0 aromatic heterocycles. The van der Waals surface area contributed by atoms with Crippen LogP contribution in [0.15, 0.2) is 48.5 Å². The first-order chi connectivity index (χ1) is 13.1. The number of halogens is 1. The Morgan fingerprint density at radius 3 is 2.19 bits per heavy atom. The SMILES string of the molecule is O=C(NCc1ccc(Cl)cc1)c1cccc(C(=O)NC2CCCCCC2)c1.